The van der Waals surface area contributed by atoms with E-state index in [1.807, 2.05) is 0 Å². The first-order chi connectivity index (χ1) is 14.3. The maximum absolute atomic E-state index is 13.3. The van der Waals surface area contributed by atoms with Gasteiger partial charge in [0.1, 0.15) is 17.3 Å². The van der Waals surface area contributed by atoms with E-state index in [4.69, 9.17) is 9.84 Å². The molecule has 2 N–H and O–H groups in total. The van der Waals surface area contributed by atoms with Crippen molar-refractivity contribution >= 4 is 23.4 Å². The number of benzene rings is 2. The Balaban J connectivity index is 2.08. The summed E-state index contributed by atoms with van der Waals surface area (Å²) >= 11 is 0. The third kappa shape index (κ3) is 4.17. The Kier molecular flexibility index (Phi) is 6.15. The van der Waals surface area contributed by atoms with Crippen LogP contribution in [0.5, 0.6) is 5.75 Å². The molecule has 1 unspecified atom stereocenters. The van der Waals surface area contributed by atoms with Crippen LogP contribution in [0.3, 0.4) is 0 Å². The summed E-state index contributed by atoms with van der Waals surface area (Å²) in [6, 6.07) is 10.6. The molecule has 1 aliphatic heterocycles. The number of ether oxygens (including phenoxy) is 1. The molecule has 30 heavy (non-hydrogen) atoms. The molecule has 0 aliphatic carbocycles. The molecule has 8 heteroatoms. The summed E-state index contributed by atoms with van der Waals surface area (Å²) in [4.78, 5) is 37.6. The summed E-state index contributed by atoms with van der Waals surface area (Å²) in [7, 11) is 1.50. The van der Waals surface area contributed by atoms with Crippen LogP contribution in [0.2, 0.25) is 0 Å². The lowest BCUT2D eigenvalue weighted by atomic mass is 9.95. The minimum atomic E-state index is -1.01. The zero-order valence-corrected chi connectivity index (χ0v) is 16.2. The van der Waals surface area contributed by atoms with Crippen LogP contribution in [-0.2, 0) is 14.4 Å². The number of carbonyl (C=O) groups is 3. The highest BCUT2D eigenvalue weighted by Gasteiger charge is 2.45. The fourth-order valence-electron chi connectivity index (χ4n) is 3.41. The molecule has 1 aliphatic rings. The third-order valence-electron chi connectivity index (χ3n) is 4.88. The van der Waals surface area contributed by atoms with Gasteiger partial charge >= 0.3 is 5.97 Å². The molecule has 0 saturated carbocycles. The van der Waals surface area contributed by atoms with Gasteiger partial charge in [-0.15, -0.1) is 0 Å². The van der Waals surface area contributed by atoms with E-state index < -0.39 is 35.3 Å². The number of rotatable bonds is 7. The van der Waals surface area contributed by atoms with Crippen molar-refractivity contribution in [3.05, 3.63) is 71.0 Å². The van der Waals surface area contributed by atoms with Crippen LogP contribution in [0.15, 0.2) is 54.1 Å². The van der Waals surface area contributed by atoms with E-state index in [9.17, 15) is 23.9 Å². The Labute approximate surface area is 172 Å². The predicted octanol–water partition coefficient (Wildman–Crippen LogP) is 3.12. The van der Waals surface area contributed by atoms with Crippen LogP contribution in [-0.4, -0.2) is 46.4 Å². The lowest BCUT2D eigenvalue weighted by molar-refractivity contribution is -0.140. The number of methoxy groups -OCH3 is 1. The largest absolute Gasteiger partial charge is 0.507 e. The van der Waals surface area contributed by atoms with Crippen molar-refractivity contribution in [2.75, 3.05) is 13.7 Å². The first-order valence-corrected chi connectivity index (χ1v) is 9.23. The van der Waals surface area contributed by atoms with Gasteiger partial charge in [0.15, 0.2) is 0 Å². The second kappa shape index (κ2) is 8.77. The van der Waals surface area contributed by atoms with E-state index in [0.717, 1.165) is 12.1 Å². The van der Waals surface area contributed by atoms with Gasteiger partial charge in [-0.1, -0.05) is 12.1 Å². The highest BCUT2D eigenvalue weighted by atomic mass is 19.1. The second-order valence-corrected chi connectivity index (χ2v) is 6.77. The molecule has 3 rings (SSSR count). The smallest absolute Gasteiger partial charge is 0.303 e. The highest BCUT2D eigenvalue weighted by molar-refractivity contribution is 6.46. The van der Waals surface area contributed by atoms with E-state index in [-0.39, 0.29) is 30.5 Å². The number of aliphatic hydroxyl groups is 1. The van der Waals surface area contributed by atoms with Crippen LogP contribution in [0.25, 0.3) is 5.76 Å². The Morgan fingerprint density at radius 3 is 2.27 bits per heavy atom. The summed E-state index contributed by atoms with van der Waals surface area (Å²) in [6.45, 7) is 0.0216. The topological polar surface area (TPSA) is 104 Å². The average molecular weight is 413 g/mol. The summed E-state index contributed by atoms with van der Waals surface area (Å²) in [6.07, 6.45) is -0.0259. The van der Waals surface area contributed by atoms with Gasteiger partial charge in [0.05, 0.1) is 18.7 Å². The third-order valence-corrected chi connectivity index (χ3v) is 4.88. The van der Waals surface area contributed by atoms with E-state index in [1.165, 1.54) is 24.1 Å². The Hall–Kier alpha value is -3.68. The van der Waals surface area contributed by atoms with Crippen molar-refractivity contribution < 1.29 is 33.7 Å². The average Bonchev–Trinajstić information content (AvgIpc) is 2.98. The molecule has 156 valence electrons. The van der Waals surface area contributed by atoms with Crippen molar-refractivity contribution in [2.24, 2.45) is 0 Å². The zero-order chi connectivity index (χ0) is 21.8. The van der Waals surface area contributed by atoms with Gasteiger partial charge in [-0.25, -0.2) is 4.39 Å². The fraction of sp³-hybridized carbons (Fsp3) is 0.227. The van der Waals surface area contributed by atoms with Gasteiger partial charge in [-0.05, 0) is 48.4 Å². The Bertz CT molecular complexity index is 997. The second-order valence-electron chi connectivity index (χ2n) is 6.77. The van der Waals surface area contributed by atoms with Crippen LogP contribution >= 0.6 is 0 Å². The van der Waals surface area contributed by atoms with Crippen LogP contribution in [0.1, 0.15) is 30.0 Å². The normalized spacial score (nSPS) is 17.9. The first kappa shape index (κ1) is 21.0. The fourth-order valence-corrected chi connectivity index (χ4v) is 3.41. The predicted molar refractivity (Wildman–Crippen MR) is 105 cm³/mol. The molecule has 1 amide bonds. The minimum Gasteiger partial charge on any atom is -0.507 e. The number of ketones is 1. The number of aliphatic carboxylic acids is 1. The molecule has 1 fully saturated rings. The summed E-state index contributed by atoms with van der Waals surface area (Å²) in [5, 5.41) is 19.7. The van der Waals surface area contributed by atoms with Crippen molar-refractivity contribution in [1.29, 1.82) is 0 Å². The summed E-state index contributed by atoms with van der Waals surface area (Å²) in [5.74, 6) is -3.08. The maximum atomic E-state index is 13.3. The number of Topliss-reactive ketones (excluding diaryl/α,β-unsaturated/α-hetero) is 1. The van der Waals surface area contributed by atoms with E-state index in [0.29, 0.717) is 11.3 Å². The molecule has 0 radical (unpaired) electrons. The standard InChI is InChI=1S/C22H20FNO6/c1-30-16-10-6-13(7-11-16)19-18(20(27)14-4-8-15(23)9-5-14)21(28)22(29)24(19)12-2-3-17(25)26/h4-11,19,27H,2-3,12H2,1H3,(H,25,26)/b20-18-. The van der Waals surface area contributed by atoms with Crippen LogP contribution < -0.4 is 4.74 Å². The number of amides is 1. The lowest BCUT2D eigenvalue weighted by Gasteiger charge is -2.25. The summed E-state index contributed by atoms with van der Waals surface area (Å²) in [5.41, 5.74) is 0.611. The van der Waals surface area contributed by atoms with Crippen molar-refractivity contribution in [2.45, 2.75) is 18.9 Å². The van der Waals surface area contributed by atoms with Gasteiger partial charge < -0.3 is 19.8 Å². The van der Waals surface area contributed by atoms with Crippen LogP contribution in [0.4, 0.5) is 4.39 Å². The number of carbonyl (C=O) groups excluding carboxylic acids is 2. The monoisotopic (exact) mass is 413 g/mol. The molecular formula is C22H20FNO6. The molecule has 1 atom stereocenters. The first-order valence-electron chi connectivity index (χ1n) is 9.23. The molecular weight excluding hydrogens is 393 g/mol. The highest BCUT2D eigenvalue weighted by Crippen LogP contribution is 2.39. The van der Waals surface area contributed by atoms with Gasteiger partial charge in [-0.3, -0.25) is 14.4 Å². The molecule has 0 bridgehead atoms. The molecule has 0 aromatic heterocycles. The number of halogens is 1. The Morgan fingerprint density at radius 1 is 1.07 bits per heavy atom. The number of carboxylic acids is 1. The van der Waals surface area contributed by atoms with E-state index in [1.54, 1.807) is 24.3 Å². The molecule has 2 aromatic rings. The molecule has 1 heterocycles. The van der Waals surface area contributed by atoms with Gasteiger partial charge in [0.25, 0.3) is 11.7 Å². The minimum absolute atomic E-state index is 0.0216. The lowest BCUT2D eigenvalue weighted by Crippen LogP contribution is -2.31. The zero-order valence-electron chi connectivity index (χ0n) is 16.2. The van der Waals surface area contributed by atoms with Crippen LogP contribution in [0, 0.1) is 5.82 Å². The molecule has 2 aromatic carbocycles. The number of nitrogens with zero attached hydrogens (tertiary/aromatic N) is 1. The van der Waals surface area contributed by atoms with Gasteiger partial charge in [-0.2, -0.15) is 0 Å². The van der Waals surface area contributed by atoms with Crippen molar-refractivity contribution in [3.8, 4) is 5.75 Å². The quantitative estimate of drug-likeness (QED) is 0.411. The molecule has 0 spiro atoms. The SMILES string of the molecule is COc1ccc(C2/C(=C(/O)c3ccc(F)cc3)C(=O)C(=O)N2CCCC(=O)O)cc1. The molecule has 7 nitrogen and oxygen atoms in total. The van der Waals surface area contributed by atoms with E-state index >= 15 is 0 Å². The van der Waals surface area contributed by atoms with Crippen molar-refractivity contribution in [3.63, 3.8) is 0 Å². The van der Waals surface area contributed by atoms with Gasteiger partial charge in [0.2, 0.25) is 0 Å². The Morgan fingerprint density at radius 2 is 1.70 bits per heavy atom. The number of carboxylic acid groups (broad SMARTS) is 1. The number of hydrogen-bond donors (Lipinski definition) is 2. The summed E-state index contributed by atoms with van der Waals surface area (Å²) < 4.78 is 18.4. The number of aliphatic hydroxyl groups excluding tert-OH is 1. The maximum Gasteiger partial charge on any atom is 0.303 e. The van der Waals surface area contributed by atoms with E-state index in [2.05, 4.69) is 0 Å². The van der Waals surface area contributed by atoms with Crippen molar-refractivity contribution in [1.82, 2.24) is 4.90 Å². The van der Waals surface area contributed by atoms with Gasteiger partial charge in [0, 0.05) is 18.5 Å². The number of likely N-dealkylation sites (tertiary alicyclic amines) is 1. The number of hydrogen-bond acceptors (Lipinski definition) is 5. The molecule has 1 saturated heterocycles.